The number of nitrogens with zero attached hydrogens (tertiary/aromatic N) is 1. The monoisotopic (exact) mass is 625 g/mol. The van der Waals surface area contributed by atoms with Crippen molar-refractivity contribution in [3.8, 4) is 11.1 Å². The number of nitrogens with one attached hydrogen (secondary N) is 1. The fourth-order valence-corrected chi connectivity index (χ4v) is 7.71. The highest BCUT2D eigenvalue weighted by atomic mass is 16.7. The van der Waals surface area contributed by atoms with Gasteiger partial charge in [-0.15, -0.1) is 0 Å². The molecule has 1 saturated carbocycles. The molecule has 246 valence electrons. The zero-order chi connectivity index (χ0) is 32.3. The van der Waals surface area contributed by atoms with E-state index in [9.17, 15) is 9.90 Å². The smallest absolute Gasteiger partial charge is 0.237 e. The summed E-state index contributed by atoms with van der Waals surface area (Å²) in [6.45, 7) is 7.38. The zero-order valence-corrected chi connectivity index (χ0v) is 27.7. The molecule has 7 heteroatoms. The van der Waals surface area contributed by atoms with E-state index in [1.54, 1.807) is 0 Å². The molecule has 3 aliphatic rings. The molecular formula is C39H51N3O4. The van der Waals surface area contributed by atoms with E-state index in [4.69, 9.17) is 15.2 Å². The van der Waals surface area contributed by atoms with Gasteiger partial charge in [0.1, 0.15) is 0 Å². The highest BCUT2D eigenvalue weighted by Gasteiger charge is 2.44. The van der Waals surface area contributed by atoms with Crippen LogP contribution in [-0.2, 0) is 27.4 Å². The Morgan fingerprint density at radius 3 is 2.35 bits per heavy atom. The predicted molar refractivity (Wildman–Crippen MR) is 182 cm³/mol. The number of ether oxygens (including phenoxy) is 2. The number of aliphatic hydroxyl groups excluding tert-OH is 1. The first-order valence-electron chi connectivity index (χ1n) is 17.2. The molecule has 3 fully saturated rings. The van der Waals surface area contributed by atoms with Crippen molar-refractivity contribution in [2.45, 2.75) is 115 Å². The quantitative estimate of drug-likeness (QED) is 0.255. The number of rotatable bonds is 8. The number of fused-ring (bicyclic) bond motifs is 1. The highest BCUT2D eigenvalue weighted by molar-refractivity contribution is 5.82. The van der Waals surface area contributed by atoms with Gasteiger partial charge in [-0.25, -0.2) is 0 Å². The fraction of sp³-hybridized carbons (Fsp3) is 0.513. The largest absolute Gasteiger partial charge is 0.392 e. The molecule has 46 heavy (non-hydrogen) atoms. The summed E-state index contributed by atoms with van der Waals surface area (Å²) in [5.74, 6) is 0.765. The average molecular weight is 626 g/mol. The number of aliphatic hydroxyl groups is 1. The van der Waals surface area contributed by atoms with E-state index in [1.807, 2.05) is 24.3 Å². The Morgan fingerprint density at radius 1 is 0.891 bits per heavy atom. The van der Waals surface area contributed by atoms with E-state index >= 15 is 0 Å². The predicted octanol–water partition coefficient (Wildman–Crippen LogP) is 6.79. The van der Waals surface area contributed by atoms with Crippen LogP contribution in [0.3, 0.4) is 0 Å². The highest BCUT2D eigenvalue weighted by Crippen LogP contribution is 2.42. The van der Waals surface area contributed by atoms with Gasteiger partial charge >= 0.3 is 0 Å². The molecule has 3 aromatic carbocycles. The van der Waals surface area contributed by atoms with Crippen molar-refractivity contribution in [1.29, 1.82) is 0 Å². The van der Waals surface area contributed by atoms with Crippen molar-refractivity contribution in [3.63, 3.8) is 0 Å². The summed E-state index contributed by atoms with van der Waals surface area (Å²) >= 11 is 0. The van der Waals surface area contributed by atoms with Gasteiger partial charge in [0, 0.05) is 36.7 Å². The van der Waals surface area contributed by atoms with Crippen LogP contribution in [0.5, 0.6) is 0 Å². The maximum absolute atomic E-state index is 13.7. The Bertz CT molecular complexity index is 1450. The second-order valence-corrected chi connectivity index (χ2v) is 14.5. The van der Waals surface area contributed by atoms with Gasteiger partial charge in [0.25, 0.3) is 0 Å². The molecule has 2 aliphatic heterocycles. The maximum Gasteiger partial charge on any atom is 0.237 e. The molecule has 6 atom stereocenters. The van der Waals surface area contributed by atoms with E-state index in [-0.39, 0.29) is 36.3 Å². The molecule has 1 amide bonds. The minimum atomic E-state index is -0.542. The zero-order valence-electron chi connectivity index (χ0n) is 27.7. The van der Waals surface area contributed by atoms with E-state index in [0.29, 0.717) is 31.5 Å². The number of nitrogens with two attached hydrogens (primary N) is 1. The van der Waals surface area contributed by atoms with Gasteiger partial charge in [-0.1, -0.05) is 79.6 Å². The summed E-state index contributed by atoms with van der Waals surface area (Å²) < 4.78 is 13.5. The fourth-order valence-electron chi connectivity index (χ4n) is 7.71. The minimum Gasteiger partial charge on any atom is -0.392 e. The summed E-state index contributed by atoms with van der Waals surface area (Å²) in [4.78, 5) is 16.2. The van der Waals surface area contributed by atoms with Crippen LogP contribution >= 0.6 is 0 Å². The Hall–Kier alpha value is -3.07. The van der Waals surface area contributed by atoms with Gasteiger partial charge in [0.05, 0.1) is 24.9 Å². The van der Waals surface area contributed by atoms with E-state index in [2.05, 4.69) is 79.5 Å². The molecule has 0 unspecified atom stereocenters. The molecule has 1 aliphatic carbocycles. The first kappa shape index (κ1) is 32.9. The van der Waals surface area contributed by atoms with Crippen LogP contribution in [0.2, 0.25) is 0 Å². The molecular weight excluding hydrogens is 574 g/mol. The normalized spacial score (nSPS) is 27.2. The molecule has 3 aromatic rings. The van der Waals surface area contributed by atoms with Crippen molar-refractivity contribution in [2.75, 3.05) is 6.54 Å². The Labute approximate surface area is 274 Å². The Morgan fingerprint density at radius 2 is 1.63 bits per heavy atom. The Balaban J connectivity index is 1.28. The number of benzene rings is 3. The molecule has 4 N–H and O–H groups in total. The summed E-state index contributed by atoms with van der Waals surface area (Å²) in [7, 11) is 0. The van der Waals surface area contributed by atoms with Crippen molar-refractivity contribution in [3.05, 3.63) is 95.1 Å². The topological polar surface area (TPSA) is 97.1 Å². The second kappa shape index (κ2) is 14.4. The third-order valence-corrected chi connectivity index (χ3v) is 10.0. The number of amides is 1. The molecule has 2 saturated heterocycles. The first-order chi connectivity index (χ1) is 22.2. The van der Waals surface area contributed by atoms with Crippen LogP contribution in [0.4, 0.5) is 0 Å². The van der Waals surface area contributed by atoms with E-state index in [1.165, 1.54) is 19.3 Å². The number of carbonyl (C=O) groups is 1. The van der Waals surface area contributed by atoms with E-state index in [0.717, 1.165) is 52.6 Å². The summed E-state index contributed by atoms with van der Waals surface area (Å²) in [5.41, 5.74) is 11.9. The lowest BCUT2D eigenvalue weighted by Gasteiger charge is -2.50. The molecule has 0 aromatic heterocycles. The summed E-state index contributed by atoms with van der Waals surface area (Å²) in [5, 5.41) is 12.9. The van der Waals surface area contributed by atoms with Crippen LogP contribution in [0.15, 0.2) is 72.8 Å². The summed E-state index contributed by atoms with van der Waals surface area (Å²) in [6.07, 6.45) is 6.72. The van der Waals surface area contributed by atoms with Crippen molar-refractivity contribution < 1.29 is 19.4 Å². The molecule has 6 rings (SSSR count). The number of carbonyl (C=O) groups excluding carboxylic acids is 1. The summed E-state index contributed by atoms with van der Waals surface area (Å²) in [6, 6.07) is 25.0. The minimum absolute atomic E-state index is 0.0102. The SMILES string of the molecule is CC(C)(C)NC(=O)[C@H]1CC[C@H]2CCCC[C@H]2N1C[C@H]1C[C@@H](c2ccc(CO)cc2)O[C@@H](c2ccc(-c3cccc(CN)c3)cc2)O1. The molecule has 7 nitrogen and oxygen atoms in total. The van der Waals surface area contributed by atoms with Gasteiger partial charge in [-0.2, -0.15) is 0 Å². The number of hydrogen-bond donors (Lipinski definition) is 3. The van der Waals surface area contributed by atoms with E-state index < -0.39 is 6.29 Å². The molecule has 2 heterocycles. The third-order valence-electron chi connectivity index (χ3n) is 10.0. The Kier molecular flexibility index (Phi) is 10.3. The van der Waals surface area contributed by atoms with Crippen molar-refractivity contribution >= 4 is 5.91 Å². The average Bonchev–Trinajstić information content (AvgIpc) is 3.07. The van der Waals surface area contributed by atoms with Crippen LogP contribution in [0.1, 0.15) is 100 Å². The number of likely N-dealkylation sites (tertiary alicyclic amines) is 1. The second-order valence-electron chi connectivity index (χ2n) is 14.5. The lowest BCUT2D eigenvalue weighted by molar-refractivity contribution is -0.255. The standard InChI is InChI=1S/C39H51N3O4/c1-39(2,3)41-37(44)35-20-19-29-8-4-5-10-34(29)42(35)24-33-22-36(30-13-11-26(25-43)12-14-30)46-38(45-33)31-17-15-28(16-18-31)32-9-6-7-27(21-32)23-40/h6-7,9,11-18,21,29,33-36,38,43H,4-5,8,10,19-20,22-25,40H2,1-3H3,(H,41,44)/t29-,33-,34-,35-,36+,38+/m1/s1. The van der Waals surface area contributed by atoms with Gasteiger partial charge < -0.3 is 25.6 Å². The van der Waals surface area contributed by atoms with Gasteiger partial charge in [0.15, 0.2) is 6.29 Å². The molecule has 0 radical (unpaired) electrons. The van der Waals surface area contributed by atoms with Gasteiger partial charge in [-0.05, 0) is 86.3 Å². The van der Waals surface area contributed by atoms with Crippen molar-refractivity contribution in [2.24, 2.45) is 11.7 Å². The maximum atomic E-state index is 13.7. The lowest BCUT2D eigenvalue weighted by atomic mass is 9.75. The number of piperidine rings is 1. The first-order valence-corrected chi connectivity index (χ1v) is 17.2. The molecule has 0 spiro atoms. The third kappa shape index (κ3) is 7.72. The molecule has 0 bridgehead atoms. The van der Waals surface area contributed by atoms with Crippen LogP contribution in [0, 0.1) is 5.92 Å². The van der Waals surface area contributed by atoms with Gasteiger partial charge in [0.2, 0.25) is 5.91 Å². The lowest BCUT2D eigenvalue weighted by Crippen LogP contribution is -2.61. The van der Waals surface area contributed by atoms with Gasteiger partial charge in [-0.3, -0.25) is 9.69 Å². The van der Waals surface area contributed by atoms with Crippen molar-refractivity contribution in [1.82, 2.24) is 10.2 Å². The van der Waals surface area contributed by atoms with Crippen LogP contribution < -0.4 is 11.1 Å². The number of hydrogen-bond acceptors (Lipinski definition) is 6. The van der Waals surface area contributed by atoms with Crippen LogP contribution in [-0.4, -0.2) is 46.2 Å². The van der Waals surface area contributed by atoms with Crippen LogP contribution in [0.25, 0.3) is 11.1 Å².